The second-order valence-electron chi connectivity index (χ2n) is 34.6. The summed E-state index contributed by atoms with van der Waals surface area (Å²) in [5.74, 6) is 0. The van der Waals surface area contributed by atoms with E-state index in [1.54, 1.807) is 7.11 Å². The lowest BCUT2D eigenvalue weighted by atomic mass is 10.4. The van der Waals surface area contributed by atoms with E-state index >= 15 is 0 Å². The third-order valence-electron chi connectivity index (χ3n) is 2.85. The van der Waals surface area contributed by atoms with Gasteiger partial charge in [0.25, 0.3) is 0 Å². The first-order chi connectivity index (χ1) is 27.0. The molecule has 0 aromatic heterocycles. The second kappa shape index (κ2) is 48.6. The Hall–Kier alpha value is 2.31. The molecule has 65 heavy (non-hydrogen) atoms. The van der Waals surface area contributed by atoms with Gasteiger partial charge in [-0.3, -0.25) is 0 Å². The SMILES string of the molecule is CCCCO.CC[Si](C)(C)C.COCCC[Si](C)(C)C.C[Si](C)(C)C.C[Si](C)(C)C.C[Si](C)(C)C.C[Si](C)(C)C.C[Si](C)(C)C.C[Si](C)(C)C.C[Si](C)(C)C.C[Si](C)(C)C.C[Si](C)(C)C. The van der Waals surface area contributed by atoms with E-state index < -0.39 is 88.8 Å². The molecule has 0 unspecified atom stereocenters. The molecule has 1 N–H and O–H groups in total. The predicted molar refractivity (Wildman–Crippen MR) is 363 cm³/mol. The molecule has 0 aromatic rings. The Morgan fingerprint density at radius 2 is 0.415 bits per heavy atom. The van der Waals surface area contributed by atoms with Crippen molar-refractivity contribution in [1.82, 2.24) is 0 Å². The Morgan fingerprint density at radius 3 is 0.462 bits per heavy atom. The Morgan fingerprint density at radius 1 is 0.277 bits per heavy atom. The van der Waals surface area contributed by atoms with Crippen LogP contribution in [-0.2, 0) is 4.74 Å². The van der Waals surface area contributed by atoms with Crippen LogP contribution in [0.4, 0.5) is 0 Å². The highest BCUT2D eigenvalue weighted by Gasteiger charge is 2.11. The quantitative estimate of drug-likeness (QED) is 0.203. The molecule has 414 valence electrons. The minimum absolute atomic E-state index is 0.344. The van der Waals surface area contributed by atoms with E-state index in [9.17, 15) is 0 Å². The molecular formula is C52H150O2Si11. The number of aliphatic hydroxyl groups excluding tert-OH is 1. The van der Waals surface area contributed by atoms with Crippen LogP contribution in [0.15, 0.2) is 0 Å². The molecule has 0 aliphatic carbocycles. The zero-order valence-electron chi connectivity index (χ0n) is 56.3. The normalized spacial score (nSPS) is 11.7. The van der Waals surface area contributed by atoms with E-state index in [2.05, 4.69) is 289 Å². The van der Waals surface area contributed by atoms with Gasteiger partial charge in [0.1, 0.15) is 0 Å². The summed E-state index contributed by atoms with van der Waals surface area (Å²) in [7, 11) is -5.14. The Kier molecular flexibility index (Phi) is 72.3. The van der Waals surface area contributed by atoms with Gasteiger partial charge in [-0.15, -0.1) is 0 Å². The molecule has 0 atom stereocenters. The molecule has 0 bridgehead atoms. The number of hydrogen-bond acceptors (Lipinski definition) is 2. The van der Waals surface area contributed by atoms with Gasteiger partial charge in [0.15, 0.2) is 0 Å². The lowest BCUT2D eigenvalue weighted by Crippen LogP contribution is -2.19. The van der Waals surface area contributed by atoms with Crippen molar-refractivity contribution in [1.29, 1.82) is 0 Å². The van der Waals surface area contributed by atoms with Crippen molar-refractivity contribution >= 4 is 88.8 Å². The fraction of sp³-hybridized carbons (Fsp3) is 1.00. The molecule has 0 spiro atoms. The summed E-state index contributed by atoms with van der Waals surface area (Å²) in [4.78, 5) is 0. The van der Waals surface area contributed by atoms with E-state index in [0.29, 0.717) is 6.61 Å². The number of hydrogen-bond donors (Lipinski definition) is 1. The molecule has 0 saturated heterocycles. The van der Waals surface area contributed by atoms with Crippen LogP contribution in [0.3, 0.4) is 0 Å². The number of aliphatic hydroxyl groups is 1. The van der Waals surface area contributed by atoms with E-state index in [-0.39, 0.29) is 0 Å². The minimum atomic E-state index is -0.774. The monoisotopic (exact) mass is 1110 g/mol. The maximum absolute atomic E-state index is 8.07. The van der Waals surface area contributed by atoms with Gasteiger partial charge in [0, 0.05) is 109 Å². The van der Waals surface area contributed by atoms with Crippen molar-refractivity contribution in [3.63, 3.8) is 0 Å². The first kappa shape index (κ1) is 96.7. The van der Waals surface area contributed by atoms with Crippen molar-refractivity contribution < 1.29 is 9.84 Å². The third kappa shape index (κ3) is 1550. The van der Waals surface area contributed by atoms with Crippen LogP contribution in [0, 0.1) is 0 Å². The van der Waals surface area contributed by atoms with Crippen LogP contribution in [0.25, 0.3) is 0 Å². The number of ether oxygens (including phenoxy) is 1. The predicted octanol–water partition coefficient (Wildman–Crippen LogP) is 23.1. The Balaban J connectivity index is -0.0000000474. The van der Waals surface area contributed by atoms with Crippen molar-refractivity contribution in [3.05, 3.63) is 0 Å². The average molecular weight is 1120 g/mol. The molecule has 0 aliphatic heterocycles. The van der Waals surface area contributed by atoms with Gasteiger partial charge in [0.2, 0.25) is 0 Å². The molecular weight excluding hydrogens is 966 g/mol. The van der Waals surface area contributed by atoms with Gasteiger partial charge < -0.3 is 9.84 Å². The van der Waals surface area contributed by atoms with Crippen LogP contribution >= 0.6 is 0 Å². The van der Waals surface area contributed by atoms with Crippen LogP contribution in [0.1, 0.15) is 33.1 Å². The molecule has 0 radical (unpaired) electrons. The summed E-state index contributed by atoms with van der Waals surface area (Å²) in [6, 6.07) is 2.80. The topological polar surface area (TPSA) is 29.5 Å². The molecule has 0 heterocycles. The van der Waals surface area contributed by atoms with E-state index in [1.807, 2.05) is 0 Å². The highest BCUT2D eigenvalue weighted by Crippen LogP contribution is 2.10. The zero-order chi connectivity index (χ0) is 57.2. The fourth-order valence-electron chi connectivity index (χ4n) is 0.905. The van der Waals surface area contributed by atoms with Crippen LogP contribution < -0.4 is 0 Å². The fourth-order valence-corrected chi connectivity index (χ4v) is 2.11. The van der Waals surface area contributed by atoms with Crippen LogP contribution in [-0.4, -0.2) is 114 Å². The van der Waals surface area contributed by atoms with Crippen LogP contribution in [0.5, 0.6) is 0 Å². The molecule has 0 rings (SSSR count). The number of methoxy groups -OCH3 is 1. The number of unbranched alkanes of at least 4 members (excludes halogenated alkanes) is 1. The maximum Gasteiger partial charge on any atom is 0.0459 e. The minimum Gasteiger partial charge on any atom is -0.396 e. The first-order valence-corrected chi connectivity index (χ1v) is 69.5. The molecule has 0 saturated carbocycles. The molecule has 0 fully saturated rings. The maximum atomic E-state index is 8.07. The summed E-state index contributed by atoms with van der Waals surface area (Å²) in [6.45, 7) is 104. The standard InChI is InChI=1S/C7H18OSi.C5H14Si.C4H10O.9C4H12Si/c1-8-6-5-7-9(2,3)4;1-5-6(2,3)4;1-2-3-4-5;9*1-5(2,3)4/h5-7H2,1-4H3;5H2,1-4H3;5H,2-4H2,1H3;9*1-4H3. The summed E-state index contributed by atoms with van der Waals surface area (Å²) < 4.78 is 4.96. The van der Waals surface area contributed by atoms with E-state index in [4.69, 9.17) is 9.84 Å². The van der Waals surface area contributed by atoms with Gasteiger partial charge >= 0.3 is 0 Å². The van der Waals surface area contributed by atoms with Gasteiger partial charge in [-0.05, 0) is 12.8 Å². The zero-order valence-corrected chi connectivity index (χ0v) is 67.3. The average Bonchev–Trinajstić information content (AvgIpc) is 2.80. The summed E-state index contributed by atoms with van der Waals surface area (Å²) in [6.07, 6.45) is 3.28. The van der Waals surface area contributed by atoms with Gasteiger partial charge in [0.05, 0.1) is 0 Å². The molecule has 0 aliphatic rings. The van der Waals surface area contributed by atoms with E-state index in [0.717, 1.165) is 19.4 Å². The van der Waals surface area contributed by atoms with E-state index in [1.165, 1.54) is 18.5 Å². The second-order valence-corrected chi connectivity index (χ2v) is 100. The van der Waals surface area contributed by atoms with Gasteiger partial charge in [-0.2, -0.15) is 0 Å². The smallest absolute Gasteiger partial charge is 0.0459 e. The molecule has 0 aromatic carbocycles. The van der Waals surface area contributed by atoms with Crippen molar-refractivity contribution in [2.75, 3.05) is 20.3 Å². The van der Waals surface area contributed by atoms with Crippen LogP contribution in [0.2, 0.25) is 287 Å². The lowest BCUT2D eigenvalue weighted by Gasteiger charge is -2.14. The molecule has 2 nitrogen and oxygen atoms in total. The van der Waals surface area contributed by atoms with Gasteiger partial charge in [-0.25, -0.2) is 0 Å². The summed E-state index contributed by atoms with van der Waals surface area (Å²) >= 11 is 0. The molecule has 13 heteroatoms. The summed E-state index contributed by atoms with van der Waals surface area (Å²) in [5, 5.41) is 8.07. The Labute approximate surface area is 436 Å². The highest BCUT2D eigenvalue weighted by molar-refractivity contribution is 6.78. The number of rotatable bonds is 7. The summed E-state index contributed by atoms with van der Waals surface area (Å²) in [5.41, 5.74) is 0. The largest absolute Gasteiger partial charge is 0.396 e. The Bertz CT molecular complexity index is 642. The van der Waals surface area contributed by atoms with Crippen molar-refractivity contribution in [2.24, 2.45) is 0 Å². The first-order valence-electron chi connectivity index (χ1n) is 26.1. The van der Waals surface area contributed by atoms with Crippen molar-refractivity contribution in [2.45, 2.75) is 320 Å². The third-order valence-corrected chi connectivity index (χ3v) is 6.82. The van der Waals surface area contributed by atoms with Crippen molar-refractivity contribution in [3.8, 4) is 0 Å². The molecule has 0 amide bonds. The lowest BCUT2D eigenvalue weighted by molar-refractivity contribution is 0.199. The van der Waals surface area contributed by atoms with Gasteiger partial charge in [-0.1, -0.05) is 307 Å². The highest BCUT2D eigenvalue weighted by atomic mass is 28.3.